The molecule has 0 saturated carbocycles. The largest absolute Gasteiger partial charge is 0.444 e. The monoisotopic (exact) mass is 200 g/mol. The number of hydrogen-bond donors (Lipinski definition) is 1. The van der Waals surface area contributed by atoms with E-state index < -0.39 is 11.7 Å². The Kier molecular flexibility index (Phi) is 2.87. The van der Waals surface area contributed by atoms with Crippen molar-refractivity contribution in [3.63, 3.8) is 0 Å². The van der Waals surface area contributed by atoms with E-state index in [-0.39, 0.29) is 0 Å². The normalized spacial score (nSPS) is 11.0. The Morgan fingerprint density at radius 1 is 1.62 bits per heavy atom. The first kappa shape index (κ1) is 9.98. The lowest BCUT2D eigenvalue weighted by Gasteiger charge is -2.19. The fraction of sp³-hybridized carbons (Fsp3) is 0.500. The van der Waals surface area contributed by atoms with Gasteiger partial charge in [0, 0.05) is 6.20 Å². The minimum absolute atomic E-state index is 0.447. The van der Waals surface area contributed by atoms with Gasteiger partial charge in [-0.1, -0.05) is 0 Å². The number of ether oxygens (including phenoxy) is 1. The Bertz CT molecular complexity index is 277. The molecule has 1 amide bonds. The average molecular weight is 200 g/mol. The molecule has 0 bridgehead atoms. The van der Waals surface area contributed by atoms with Crippen LogP contribution in [0.1, 0.15) is 20.8 Å². The summed E-state index contributed by atoms with van der Waals surface area (Å²) < 4.78 is 8.88. The molecule has 0 aliphatic carbocycles. The van der Waals surface area contributed by atoms with Crippen molar-refractivity contribution in [2.45, 2.75) is 26.4 Å². The van der Waals surface area contributed by atoms with Crippen molar-refractivity contribution >= 4 is 22.6 Å². The molecule has 0 aromatic carbocycles. The summed E-state index contributed by atoms with van der Waals surface area (Å²) >= 11 is 1.22. The number of hydrogen-bond acceptors (Lipinski definition) is 4. The molecule has 0 aliphatic heterocycles. The maximum Gasteiger partial charge on any atom is 0.412 e. The highest BCUT2D eigenvalue weighted by molar-refractivity contribution is 7.10. The highest BCUT2D eigenvalue weighted by Gasteiger charge is 2.16. The molecule has 0 fully saturated rings. The van der Waals surface area contributed by atoms with Crippen LogP contribution in [0.2, 0.25) is 0 Å². The smallest absolute Gasteiger partial charge is 0.412 e. The lowest BCUT2D eigenvalue weighted by atomic mass is 10.2. The fourth-order valence-electron chi connectivity index (χ4n) is 0.684. The predicted octanol–water partition coefficient (Wildman–Crippen LogP) is 2.49. The van der Waals surface area contributed by atoms with E-state index in [2.05, 4.69) is 9.69 Å². The Labute approximate surface area is 81.1 Å². The van der Waals surface area contributed by atoms with Gasteiger partial charge in [-0.15, -0.1) is 0 Å². The summed E-state index contributed by atoms with van der Waals surface area (Å²) in [6.45, 7) is 5.46. The molecule has 1 aromatic heterocycles. The molecule has 0 aliphatic rings. The van der Waals surface area contributed by atoms with Crippen molar-refractivity contribution in [1.29, 1.82) is 0 Å². The van der Waals surface area contributed by atoms with Crippen LogP contribution in [0.15, 0.2) is 12.3 Å². The number of amides is 1. The number of carbonyl (C=O) groups is 1. The molecule has 0 atom stereocenters. The van der Waals surface area contributed by atoms with E-state index in [4.69, 9.17) is 4.74 Å². The number of anilines is 1. The van der Waals surface area contributed by atoms with Crippen LogP contribution in [0, 0.1) is 0 Å². The molecule has 0 unspecified atom stereocenters. The Morgan fingerprint density at radius 3 is 2.77 bits per heavy atom. The van der Waals surface area contributed by atoms with Crippen LogP contribution in [0.25, 0.3) is 0 Å². The third-order valence-corrected chi connectivity index (χ3v) is 1.72. The third kappa shape index (κ3) is 3.89. The van der Waals surface area contributed by atoms with Gasteiger partial charge in [0.05, 0.1) is 0 Å². The van der Waals surface area contributed by atoms with Gasteiger partial charge >= 0.3 is 6.09 Å². The van der Waals surface area contributed by atoms with Crippen molar-refractivity contribution < 1.29 is 9.53 Å². The molecule has 1 N–H and O–H groups in total. The Morgan fingerprint density at radius 2 is 2.31 bits per heavy atom. The van der Waals surface area contributed by atoms with Crippen molar-refractivity contribution in [1.82, 2.24) is 4.37 Å². The number of rotatable bonds is 1. The summed E-state index contributed by atoms with van der Waals surface area (Å²) in [5.41, 5.74) is -0.464. The molecule has 72 valence electrons. The highest BCUT2D eigenvalue weighted by Crippen LogP contribution is 2.14. The Hall–Kier alpha value is -1.10. The Balaban J connectivity index is 2.43. The third-order valence-electron chi connectivity index (χ3n) is 1.06. The second-order valence-electron chi connectivity index (χ2n) is 3.50. The lowest BCUT2D eigenvalue weighted by Crippen LogP contribution is -2.26. The van der Waals surface area contributed by atoms with Crippen molar-refractivity contribution in [2.24, 2.45) is 0 Å². The lowest BCUT2D eigenvalue weighted by molar-refractivity contribution is 0.0636. The molecule has 1 heterocycles. The van der Waals surface area contributed by atoms with Crippen LogP contribution in [0.5, 0.6) is 0 Å². The summed E-state index contributed by atoms with van der Waals surface area (Å²) in [5, 5.41) is 3.26. The second kappa shape index (κ2) is 3.74. The zero-order valence-corrected chi connectivity index (χ0v) is 8.64. The van der Waals surface area contributed by atoms with Crippen LogP contribution in [0.3, 0.4) is 0 Å². The summed E-state index contributed by atoms with van der Waals surface area (Å²) in [7, 11) is 0. The van der Waals surface area contributed by atoms with Gasteiger partial charge in [-0.2, -0.15) is 4.37 Å². The topological polar surface area (TPSA) is 51.2 Å². The van der Waals surface area contributed by atoms with Gasteiger partial charge in [-0.3, -0.25) is 5.32 Å². The number of aromatic nitrogens is 1. The van der Waals surface area contributed by atoms with E-state index in [1.807, 2.05) is 20.8 Å². The average Bonchev–Trinajstić information content (AvgIpc) is 2.34. The molecule has 0 radical (unpaired) electrons. The van der Waals surface area contributed by atoms with Crippen LogP contribution >= 0.6 is 11.5 Å². The quantitative estimate of drug-likeness (QED) is 0.757. The number of nitrogens with zero attached hydrogens (tertiary/aromatic N) is 1. The zero-order chi connectivity index (χ0) is 9.90. The van der Waals surface area contributed by atoms with Crippen LogP contribution < -0.4 is 5.32 Å². The molecule has 13 heavy (non-hydrogen) atoms. The molecule has 1 rings (SSSR count). The molecule has 4 nitrogen and oxygen atoms in total. The van der Waals surface area contributed by atoms with E-state index in [1.165, 1.54) is 11.5 Å². The van der Waals surface area contributed by atoms with Gasteiger partial charge in [0.15, 0.2) is 0 Å². The minimum Gasteiger partial charge on any atom is -0.444 e. The molecular formula is C8H12N2O2S. The molecule has 1 aromatic rings. The van der Waals surface area contributed by atoms with Crippen LogP contribution in [0.4, 0.5) is 9.80 Å². The van der Waals surface area contributed by atoms with Crippen LogP contribution in [-0.2, 0) is 4.74 Å². The van der Waals surface area contributed by atoms with Crippen molar-refractivity contribution in [3.05, 3.63) is 12.3 Å². The first-order valence-corrected chi connectivity index (χ1v) is 4.65. The summed E-state index contributed by atoms with van der Waals surface area (Å²) in [4.78, 5) is 11.2. The van der Waals surface area contributed by atoms with E-state index in [1.54, 1.807) is 12.3 Å². The standard InChI is InChI=1S/C8H12N2O2S/c1-8(2,3)12-7(11)10-6-4-5-9-13-6/h4-5H,1-3H3,(H,10,11). The molecule has 0 spiro atoms. The van der Waals surface area contributed by atoms with Gasteiger partial charge in [0.1, 0.15) is 10.6 Å². The molecular weight excluding hydrogens is 188 g/mol. The van der Waals surface area contributed by atoms with E-state index in [9.17, 15) is 4.79 Å². The van der Waals surface area contributed by atoms with Gasteiger partial charge < -0.3 is 4.74 Å². The molecule has 0 saturated heterocycles. The van der Waals surface area contributed by atoms with Crippen molar-refractivity contribution in [2.75, 3.05) is 5.32 Å². The SMILES string of the molecule is CC(C)(C)OC(=O)Nc1ccns1. The summed E-state index contributed by atoms with van der Waals surface area (Å²) in [6.07, 6.45) is 1.17. The first-order valence-electron chi connectivity index (χ1n) is 3.88. The zero-order valence-electron chi connectivity index (χ0n) is 7.83. The van der Waals surface area contributed by atoms with E-state index >= 15 is 0 Å². The molecule has 5 heteroatoms. The number of nitrogens with one attached hydrogen (secondary N) is 1. The minimum atomic E-state index is -0.464. The van der Waals surface area contributed by atoms with Crippen molar-refractivity contribution in [3.8, 4) is 0 Å². The van der Waals surface area contributed by atoms with Gasteiger partial charge in [-0.25, -0.2) is 4.79 Å². The maximum absolute atomic E-state index is 11.2. The maximum atomic E-state index is 11.2. The van der Waals surface area contributed by atoms with Gasteiger partial charge in [0.2, 0.25) is 0 Å². The summed E-state index contributed by atoms with van der Waals surface area (Å²) in [6, 6.07) is 1.72. The van der Waals surface area contributed by atoms with Crippen LogP contribution in [-0.4, -0.2) is 16.1 Å². The highest BCUT2D eigenvalue weighted by atomic mass is 32.1. The van der Waals surface area contributed by atoms with Gasteiger partial charge in [-0.05, 0) is 38.4 Å². The summed E-state index contributed by atoms with van der Waals surface area (Å²) in [5.74, 6) is 0. The predicted molar refractivity (Wildman–Crippen MR) is 52.0 cm³/mol. The van der Waals surface area contributed by atoms with Gasteiger partial charge in [0.25, 0.3) is 0 Å². The fourth-order valence-corrected chi connectivity index (χ4v) is 1.17. The second-order valence-corrected chi connectivity index (χ2v) is 4.34. The van der Waals surface area contributed by atoms with E-state index in [0.29, 0.717) is 5.00 Å². The number of carbonyl (C=O) groups excluding carboxylic acids is 1. The first-order chi connectivity index (χ1) is 5.97. The van der Waals surface area contributed by atoms with E-state index in [0.717, 1.165) is 0 Å².